The molecule has 2 rings (SSSR count). The Balaban J connectivity index is 2.53. The molecule has 5 heteroatoms. The Labute approximate surface area is 81.0 Å². The lowest BCUT2D eigenvalue weighted by Gasteiger charge is -2.05. The number of aliphatic hydroxyl groups is 1. The molecule has 2 heterocycles. The van der Waals surface area contributed by atoms with Gasteiger partial charge in [0, 0.05) is 5.69 Å². The van der Waals surface area contributed by atoms with Crippen molar-refractivity contribution < 1.29 is 5.11 Å². The average Bonchev–Trinajstić information content (AvgIpc) is 2.70. The second-order valence-corrected chi connectivity index (χ2v) is 2.90. The SMILES string of the molecule is Cc1ccc(-n2nccn2)c(CO)n1. The number of rotatable bonds is 2. The standard InChI is InChI=1S/C9H10N4O/c1-7-2-3-9(8(6-14)12-7)13-10-4-5-11-13/h2-5,14H,6H2,1H3. The lowest BCUT2D eigenvalue weighted by atomic mass is 10.3. The molecule has 0 aliphatic heterocycles. The molecule has 2 aromatic heterocycles. The number of aromatic nitrogens is 4. The van der Waals surface area contributed by atoms with Gasteiger partial charge in [-0.15, -0.1) is 4.80 Å². The maximum absolute atomic E-state index is 9.11. The minimum absolute atomic E-state index is 0.113. The van der Waals surface area contributed by atoms with Crippen LogP contribution in [0.15, 0.2) is 24.5 Å². The van der Waals surface area contributed by atoms with E-state index < -0.39 is 0 Å². The largest absolute Gasteiger partial charge is 0.390 e. The highest BCUT2D eigenvalue weighted by Gasteiger charge is 2.06. The van der Waals surface area contributed by atoms with Crippen molar-refractivity contribution in [2.45, 2.75) is 13.5 Å². The van der Waals surface area contributed by atoms with E-state index in [2.05, 4.69) is 15.2 Å². The molecule has 0 aliphatic rings. The smallest absolute Gasteiger partial charge is 0.110 e. The van der Waals surface area contributed by atoms with Crippen LogP contribution in [0.4, 0.5) is 0 Å². The summed E-state index contributed by atoms with van der Waals surface area (Å²) in [7, 11) is 0. The first kappa shape index (κ1) is 8.83. The Morgan fingerprint density at radius 1 is 1.29 bits per heavy atom. The van der Waals surface area contributed by atoms with Crippen molar-refractivity contribution in [2.75, 3.05) is 0 Å². The topological polar surface area (TPSA) is 63.8 Å². The molecule has 0 amide bonds. The summed E-state index contributed by atoms with van der Waals surface area (Å²) in [6.45, 7) is 1.76. The number of hydrogen-bond acceptors (Lipinski definition) is 4. The monoisotopic (exact) mass is 190 g/mol. The van der Waals surface area contributed by atoms with Crippen molar-refractivity contribution in [2.24, 2.45) is 0 Å². The zero-order valence-corrected chi connectivity index (χ0v) is 7.75. The predicted molar refractivity (Wildman–Crippen MR) is 49.8 cm³/mol. The minimum Gasteiger partial charge on any atom is -0.390 e. The molecule has 0 atom stereocenters. The second-order valence-electron chi connectivity index (χ2n) is 2.90. The molecule has 0 spiro atoms. The molecule has 72 valence electrons. The molecule has 0 aliphatic carbocycles. The minimum atomic E-state index is -0.113. The normalized spacial score (nSPS) is 10.4. The van der Waals surface area contributed by atoms with Crippen molar-refractivity contribution in [3.05, 3.63) is 35.9 Å². The number of aryl methyl sites for hydroxylation is 1. The molecule has 14 heavy (non-hydrogen) atoms. The van der Waals surface area contributed by atoms with E-state index in [1.807, 2.05) is 19.1 Å². The van der Waals surface area contributed by atoms with Gasteiger partial charge in [-0.3, -0.25) is 4.98 Å². The fourth-order valence-electron chi connectivity index (χ4n) is 1.24. The van der Waals surface area contributed by atoms with Crippen LogP contribution >= 0.6 is 0 Å². The van der Waals surface area contributed by atoms with E-state index in [9.17, 15) is 0 Å². The molecule has 0 fully saturated rings. The lowest BCUT2D eigenvalue weighted by Crippen LogP contribution is -2.05. The Kier molecular flexibility index (Phi) is 2.24. The van der Waals surface area contributed by atoms with E-state index >= 15 is 0 Å². The van der Waals surface area contributed by atoms with Crippen molar-refractivity contribution in [3.8, 4) is 5.69 Å². The van der Waals surface area contributed by atoms with Crippen LogP contribution in [0.2, 0.25) is 0 Å². The second kappa shape index (κ2) is 3.55. The van der Waals surface area contributed by atoms with E-state index in [0.717, 1.165) is 5.69 Å². The lowest BCUT2D eigenvalue weighted by molar-refractivity contribution is 0.275. The van der Waals surface area contributed by atoms with E-state index in [0.29, 0.717) is 11.4 Å². The highest BCUT2D eigenvalue weighted by atomic mass is 16.3. The van der Waals surface area contributed by atoms with Crippen molar-refractivity contribution in [1.82, 2.24) is 20.0 Å². The van der Waals surface area contributed by atoms with Gasteiger partial charge in [0.25, 0.3) is 0 Å². The Morgan fingerprint density at radius 3 is 2.64 bits per heavy atom. The van der Waals surface area contributed by atoms with Gasteiger partial charge in [0.2, 0.25) is 0 Å². The van der Waals surface area contributed by atoms with Gasteiger partial charge in [0.1, 0.15) is 5.69 Å². The van der Waals surface area contributed by atoms with Crippen LogP contribution in [0.5, 0.6) is 0 Å². The quantitative estimate of drug-likeness (QED) is 0.747. The van der Waals surface area contributed by atoms with Gasteiger partial charge in [0.05, 0.1) is 24.7 Å². The fourth-order valence-corrected chi connectivity index (χ4v) is 1.24. The molecular formula is C9H10N4O. The summed E-state index contributed by atoms with van der Waals surface area (Å²) in [5, 5.41) is 17.1. The van der Waals surface area contributed by atoms with Gasteiger partial charge >= 0.3 is 0 Å². The predicted octanol–water partition coefficient (Wildman–Crippen LogP) is 0.463. The Morgan fingerprint density at radius 2 is 2.00 bits per heavy atom. The van der Waals surface area contributed by atoms with Gasteiger partial charge in [-0.25, -0.2) is 0 Å². The third-order valence-electron chi connectivity index (χ3n) is 1.87. The molecule has 0 aromatic carbocycles. The summed E-state index contributed by atoms with van der Waals surface area (Å²) < 4.78 is 0. The maximum Gasteiger partial charge on any atom is 0.110 e. The fraction of sp³-hybridized carbons (Fsp3) is 0.222. The first-order valence-electron chi connectivity index (χ1n) is 4.25. The molecule has 2 aromatic rings. The number of pyridine rings is 1. The Hall–Kier alpha value is -1.75. The number of aliphatic hydroxyl groups excluding tert-OH is 1. The average molecular weight is 190 g/mol. The zero-order chi connectivity index (χ0) is 9.97. The zero-order valence-electron chi connectivity index (χ0n) is 7.75. The molecule has 0 radical (unpaired) electrons. The summed E-state index contributed by atoms with van der Waals surface area (Å²) in [6.07, 6.45) is 3.17. The number of hydrogen-bond donors (Lipinski definition) is 1. The van der Waals surface area contributed by atoms with Crippen LogP contribution in [-0.2, 0) is 6.61 Å². The van der Waals surface area contributed by atoms with Crippen LogP contribution in [0.1, 0.15) is 11.4 Å². The van der Waals surface area contributed by atoms with E-state index in [-0.39, 0.29) is 6.61 Å². The van der Waals surface area contributed by atoms with E-state index in [4.69, 9.17) is 5.11 Å². The summed E-state index contributed by atoms with van der Waals surface area (Å²) >= 11 is 0. The third-order valence-corrected chi connectivity index (χ3v) is 1.87. The van der Waals surface area contributed by atoms with Crippen molar-refractivity contribution >= 4 is 0 Å². The van der Waals surface area contributed by atoms with Gasteiger partial charge < -0.3 is 5.11 Å². The molecule has 0 saturated heterocycles. The summed E-state index contributed by atoms with van der Waals surface area (Å²) in [5.41, 5.74) is 2.16. The van der Waals surface area contributed by atoms with Crippen LogP contribution in [-0.4, -0.2) is 25.1 Å². The first-order chi connectivity index (χ1) is 6.81. The van der Waals surface area contributed by atoms with Gasteiger partial charge in [-0.2, -0.15) is 10.2 Å². The number of nitrogens with zero attached hydrogens (tertiary/aromatic N) is 4. The molecule has 0 saturated carbocycles. The summed E-state index contributed by atoms with van der Waals surface area (Å²) in [5.74, 6) is 0. The maximum atomic E-state index is 9.11. The van der Waals surface area contributed by atoms with Crippen molar-refractivity contribution in [3.63, 3.8) is 0 Å². The third kappa shape index (κ3) is 1.49. The van der Waals surface area contributed by atoms with E-state index in [1.54, 1.807) is 12.4 Å². The van der Waals surface area contributed by atoms with Crippen LogP contribution in [0.3, 0.4) is 0 Å². The van der Waals surface area contributed by atoms with Crippen LogP contribution in [0, 0.1) is 6.92 Å². The molecule has 5 nitrogen and oxygen atoms in total. The highest BCUT2D eigenvalue weighted by Crippen LogP contribution is 2.10. The molecule has 0 unspecified atom stereocenters. The van der Waals surface area contributed by atoms with E-state index in [1.165, 1.54) is 4.80 Å². The Bertz CT molecular complexity index is 424. The molecule has 0 bridgehead atoms. The van der Waals surface area contributed by atoms with Gasteiger partial charge in [0.15, 0.2) is 0 Å². The molecule has 1 N–H and O–H groups in total. The molecular weight excluding hydrogens is 180 g/mol. The van der Waals surface area contributed by atoms with Crippen LogP contribution < -0.4 is 0 Å². The van der Waals surface area contributed by atoms with Crippen LogP contribution in [0.25, 0.3) is 5.69 Å². The van der Waals surface area contributed by atoms with Crippen molar-refractivity contribution in [1.29, 1.82) is 0 Å². The first-order valence-corrected chi connectivity index (χ1v) is 4.25. The summed E-state index contributed by atoms with van der Waals surface area (Å²) in [6, 6.07) is 3.70. The summed E-state index contributed by atoms with van der Waals surface area (Å²) in [4.78, 5) is 5.64. The van der Waals surface area contributed by atoms with Gasteiger partial charge in [-0.05, 0) is 19.1 Å². The highest BCUT2D eigenvalue weighted by molar-refractivity contribution is 5.34. The van der Waals surface area contributed by atoms with Gasteiger partial charge in [-0.1, -0.05) is 0 Å².